The van der Waals surface area contributed by atoms with E-state index in [1.54, 1.807) is 45.0 Å². The Morgan fingerprint density at radius 2 is 1.80 bits per heavy atom. The zero-order valence-electron chi connectivity index (χ0n) is 14.7. The first-order chi connectivity index (χ1) is 11.7. The van der Waals surface area contributed by atoms with E-state index >= 15 is 0 Å². The molecule has 1 heterocycles. The molecule has 7 heteroatoms. The third-order valence-electron chi connectivity index (χ3n) is 4.06. The number of amides is 2. The Balaban J connectivity index is 2.26. The molecule has 25 heavy (non-hydrogen) atoms. The smallest absolute Gasteiger partial charge is 0.477 e. The largest absolute Gasteiger partial charge is 0.527 e. The van der Waals surface area contributed by atoms with E-state index < -0.39 is 34.3 Å². The summed E-state index contributed by atoms with van der Waals surface area (Å²) in [6, 6.07) is 7.81. The number of nitrogens with zero attached hydrogens (tertiary/aromatic N) is 1. The van der Waals surface area contributed by atoms with Gasteiger partial charge in [0.25, 0.3) is 0 Å². The first-order valence-corrected chi connectivity index (χ1v) is 8.22. The van der Waals surface area contributed by atoms with E-state index in [-0.39, 0.29) is 19.6 Å². The summed E-state index contributed by atoms with van der Waals surface area (Å²) in [5, 5.41) is 9.50. The van der Waals surface area contributed by atoms with Crippen molar-refractivity contribution in [2.45, 2.75) is 51.9 Å². The lowest BCUT2D eigenvalue weighted by Crippen LogP contribution is -2.63. The van der Waals surface area contributed by atoms with Gasteiger partial charge in [0, 0.05) is 12.8 Å². The minimum atomic E-state index is -1.21. The Bertz CT molecular complexity index is 651. The van der Waals surface area contributed by atoms with Gasteiger partial charge in [-0.05, 0) is 26.3 Å². The van der Waals surface area contributed by atoms with E-state index in [1.165, 1.54) is 0 Å². The van der Waals surface area contributed by atoms with Crippen LogP contribution < -0.4 is 0 Å². The van der Waals surface area contributed by atoms with Gasteiger partial charge in [-0.15, -0.1) is 4.48 Å². The number of carbonyl (C=O) groups excluding carboxylic acids is 2. The van der Waals surface area contributed by atoms with Gasteiger partial charge in [-0.25, -0.2) is 4.79 Å². The molecule has 1 unspecified atom stereocenters. The van der Waals surface area contributed by atoms with Crippen LogP contribution in [0.3, 0.4) is 0 Å². The number of aliphatic carboxylic acids is 1. The molecule has 2 amide bonds. The van der Waals surface area contributed by atoms with Gasteiger partial charge in [0.2, 0.25) is 6.04 Å². The van der Waals surface area contributed by atoms with Crippen LogP contribution in [0.15, 0.2) is 30.3 Å². The lowest BCUT2D eigenvalue weighted by atomic mass is 10.2. The van der Waals surface area contributed by atoms with Gasteiger partial charge in [0.1, 0.15) is 18.8 Å². The van der Waals surface area contributed by atoms with Gasteiger partial charge < -0.3 is 14.6 Å². The molecular formula is C18H24NO6+. The average molecular weight is 350 g/mol. The third kappa shape index (κ3) is 4.17. The number of carboxylic acids is 1. The van der Waals surface area contributed by atoms with Crippen LogP contribution in [0, 0.1) is 0 Å². The van der Waals surface area contributed by atoms with Crippen molar-refractivity contribution in [1.29, 1.82) is 0 Å². The second kappa shape index (κ2) is 7.23. The minimum absolute atomic E-state index is 0.0329. The summed E-state index contributed by atoms with van der Waals surface area (Å²) in [5.74, 6) is -1.21. The van der Waals surface area contributed by atoms with Crippen LogP contribution in [-0.4, -0.2) is 45.9 Å². The van der Waals surface area contributed by atoms with Crippen LogP contribution in [0.5, 0.6) is 0 Å². The fourth-order valence-corrected chi connectivity index (χ4v) is 2.91. The normalized spacial score (nSPS) is 23.1. The number of likely N-dealkylation sites (tertiary alicyclic amines) is 1. The lowest BCUT2D eigenvalue weighted by Gasteiger charge is -2.32. The molecule has 136 valence electrons. The summed E-state index contributed by atoms with van der Waals surface area (Å²) < 4.78 is 9.69. The second-order valence-electron chi connectivity index (χ2n) is 7.11. The van der Waals surface area contributed by atoms with Crippen LogP contribution in [0.25, 0.3) is 0 Å². The molecule has 1 fully saturated rings. The molecule has 0 aromatic heterocycles. The monoisotopic (exact) mass is 350 g/mol. The molecule has 0 aliphatic carbocycles. The van der Waals surface area contributed by atoms with Gasteiger partial charge in [-0.3, -0.25) is 0 Å². The number of carbonyl (C=O) groups is 3. The first-order valence-electron chi connectivity index (χ1n) is 8.22. The highest BCUT2D eigenvalue weighted by Crippen LogP contribution is 2.32. The predicted octanol–water partition coefficient (Wildman–Crippen LogP) is 3.32. The zero-order valence-corrected chi connectivity index (χ0v) is 14.7. The molecule has 0 bridgehead atoms. The summed E-state index contributed by atoms with van der Waals surface area (Å²) in [6.45, 7) is 5.03. The first kappa shape index (κ1) is 18.9. The van der Waals surface area contributed by atoms with Crippen LogP contribution in [0.2, 0.25) is 0 Å². The Hall–Kier alpha value is -2.41. The van der Waals surface area contributed by atoms with E-state index in [9.17, 15) is 19.5 Å². The maximum atomic E-state index is 12.8. The van der Waals surface area contributed by atoms with Crippen molar-refractivity contribution in [2.75, 3.05) is 6.54 Å². The van der Waals surface area contributed by atoms with Crippen molar-refractivity contribution in [3.63, 3.8) is 0 Å². The molecule has 1 aliphatic heterocycles. The number of benzene rings is 1. The highest BCUT2D eigenvalue weighted by molar-refractivity contribution is 5.84. The summed E-state index contributed by atoms with van der Waals surface area (Å²) in [4.78, 5) is 37.1. The van der Waals surface area contributed by atoms with E-state index in [0.29, 0.717) is 6.42 Å². The predicted molar refractivity (Wildman–Crippen MR) is 88.6 cm³/mol. The third-order valence-corrected chi connectivity index (χ3v) is 4.06. The summed E-state index contributed by atoms with van der Waals surface area (Å²) in [6.07, 6.45) is -1.12. The Labute approximate surface area is 146 Å². The quantitative estimate of drug-likeness (QED) is 0.841. The summed E-state index contributed by atoms with van der Waals surface area (Å²) in [5.41, 5.74) is -0.0857. The van der Waals surface area contributed by atoms with Gasteiger partial charge in [-0.1, -0.05) is 30.3 Å². The number of imide groups is 1. The topological polar surface area (TPSA) is 89.9 Å². The Morgan fingerprint density at radius 3 is 2.36 bits per heavy atom. The zero-order chi connectivity index (χ0) is 18.7. The van der Waals surface area contributed by atoms with Gasteiger partial charge in [0.15, 0.2) is 0 Å². The van der Waals surface area contributed by atoms with E-state index in [2.05, 4.69) is 0 Å². The molecule has 1 aromatic rings. The molecule has 0 saturated carbocycles. The number of hydrogen-bond donors (Lipinski definition) is 1. The maximum absolute atomic E-state index is 12.8. The lowest BCUT2D eigenvalue weighted by molar-refractivity contribution is -0.790. The minimum Gasteiger partial charge on any atom is -0.477 e. The molecule has 2 rings (SSSR count). The molecule has 0 radical (unpaired) electrons. The molecular weight excluding hydrogens is 326 g/mol. The second-order valence-corrected chi connectivity index (χ2v) is 7.11. The summed E-state index contributed by atoms with van der Waals surface area (Å²) >= 11 is 0. The standard InChI is InChI=1S/C18H23NO6/c1-18(2,3)25-17(23)19(11-7-10-14(19)15(20)21)16(22)24-12-13-8-5-4-6-9-13/h4-6,8-9,14H,7,10-12H2,1-3H3/p+1/t14-,19?/m0/s1. The van der Waals surface area contributed by atoms with Gasteiger partial charge >= 0.3 is 18.2 Å². The van der Waals surface area contributed by atoms with Crippen molar-refractivity contribution in [3.8, 4) is 0 Å². The van der Waals surface area contributed by atoms with Crippen LogP contribution in [0.4, 0.5) is 9.59 Å². The molecule has 1 aliphatic rings. The summed E-state index contributed by atoms with van der Waals surface area (Å²) in [7, 11) is 0. The molecule has 1 N–H and O–H groups in total. The number of quaternary nitrogens is 1. The van der Waals surface area contributed by atoms with Gasteiger partial charge in [0.05, 0.1) is 0 Å². The van der Waals surface area contributed by atoms with Gasteiger partial charge in [-0.2, -0.15) is 9.59 Å². The van der Waals surface area contributed by atoms with E-state index in [1.807, 2.05) is 6.07 Å². The Morgan fingerprint density at radius 1 is 1.16 bits per heavy atom. The highest BCUT2D eigenvalue weighted by Gasteiger charge is 2.61. The molecule has 1 aromatic carbocycles. The van der Waals surface area contributed by atoms with Crippen LogP contribution in [0.1, 0.15) is 39.2 Å². The van der Waals surface area contributed by atoms with Crippen LogP contribution in [-0.2, 0) is 20.9 Å². The fraction of sp³-hybridized carbons (Fsp3) is 0.500. The van der Waals surface area contributed by atoms with Crippen molar-refractivity contribution in [1.82, 2.24) is 0 Å². The fourth-order valence-electron chi connectivity index (χ4n) is 2.91. The van der Waals surface area contributed by atoms with Crippen molar-refractivity contribution in [3.05, 3.63) is 35.9 Å². The number of ether oxygens (including phenoxy) is 2. The average Bonchev–Trinajstić information content (AvgIpc) is 2.98. The highest BCUT2D eigenvalue weighted by atomic mass is 16.6. The molecule has 2 atom stereocenters. The van der Waals surface area contributed by atoms with E-state index in [4.69, 9.17) is 9.47 Å². The van der Waals surface area contributed by atoms with Crippen LogP contribution >= 0.6 is 0 Å². The molecule has 0 spiro atoms. The maximum Gasteiger partial charge on any atom is 0.527 e. The van der Waals surface area contributed by atoms with Crippen molar-refractivity contribution in [2.24, 2.45) is 0 Å². The number of carboxylic acid groups (broad SMARTS) is 1. The number of rotatable bonds is 3. The molecule has 7 nitrogen and oxygen atoms in total. The van der Waals surface area contributed by atoms with Crippen molar-refractivity contribution >= 4 is 18.2 Å². The Kier molecular flexibility index (Phi) is 5.47. The van der Waals surface area contributed by atoms with Crippen molar-refractivity contribution < 1.29 is 33.4 Å². The SMILES string of the molecule is CC(C)(C)OC(=O)[N+]1(C(=O)OCc2ccccc2)CCC[C@H]1C(=O)O. The molecule has 1 saturated heterocycles. The number of hydrogen-bond acceptors (Lipinski definition) is 5. The van der Waals surface area contributed by atoms with E-state index in [0.717, 1.165) is 5.56 Å².